The third-order valence-corrected chi connectivity index (χ3v) is 7.00. The van der Waals surface area contributed by atoms with Gasteiger partial charge in [-0.1, -0.05) is 13.0 Å². The Labute approximate surface area is 181 Å². The van der Waals surface area contributed by atoms with Crippen LogP contribution in [0.25, 0.3) is 0 Å². The van der Waals surface area contributed by atoms with Crippen molar-refractivity contribution in [2.24, 2.45) is 16.1 Å². The number of Topliss-reactive ketones (excluding diaryl/α,β-unsaturated/α-hetero) is 1. The molecule has 3 aliphatic rings. The largest absolute Gasteiger partial charge is 0.487 e. The van der Waals surface area contributed by atoms with Gasteiger partial charge >= 0.3 is 0 Å². The number of carbonyl (C=O) groups is 1. The molecule has 0 bridgehead atoms. The summed E-state index contributed by atoms with van der Waals surface area (Å²) in [7, 11) is 0. The van der Waals surface area contributed by atoms with Crippen molar-refractivity contribution in [1.82, 2.24) is 9.78 Å². The maximum Gasteiger partial charge on any atom is 0.283 e. The van der Waals surface area contributed by atoms with E-state index in [1.165, 1.54) is 0 Å². The minimum absolute atomic E-state index is 0.0285. The van der Waals surface area contributed by atoms with Gasteiger partial charge in [0.25, 0.3) is 6.02 Å². The standard InChI is InChI=1S/C23H28N4O4/c1-4-7-27-11-16(10-25-27)18(28)9-15-5-6-19-17(8-15)23(14-30-20(24)26-23)22(12-29-13-22)21(2,3)31-19/h5-6,8,10-11H,4,7,9,12-14H2,1-3H3,(H2,24,26). The average molecular weight is 425 g/mol. The fraction of sp³-hybridized carbons (Fsp3) is 0.522. The molecule has 1 fully saturated rings. The molecule has 0 radical (unpaired) electrons. The highest BCUT2D eigenvalue weighted by Gasteiger charge is 2.71. The summed E-state index contributed by atoms with van der Waals surface area (Å²) in [6.45, 7) is 8.37. The molecule has 3 aliphatic heterocycles. The Kier molecular flexibility index (Phi) is 4.41. The van der Waals surface area contributed by atoms with Gasteiger partial charge in [0, 0.05) is 24.7 Å². The molecule has 31 heavy (non-hydrogen) atoms. The van der Waals surface area contributed by atoms with Gasteiger partial charge in [-0.05, 0) is 38.0 Å². The Morgan fingerprint density at radius 3 is 2.71 bits per heavy atom. The van der Waals surface area contributed by atoms with E-state index in [9.17, 15) is 4.79 Å². The van der Waals surface area contributed by atoms with Gasteiger partial charge in [-0.15, -0.1) is 0 Å². The Balaban J connectivity index is 1.52. The lowest BCUT2D eigenvalue weighted by Gasteiger charge is -2.61. The van der Waals surface area contributed by atoms with Crippen LogP contribution >= 0.6 is 0 Å². The van der Waals surface area contributed by atoms with Crippen LogP contribution < -0.4 is 10.5 Å². The summed E-state index contributed by atoms with van der Waals surface area (Å²) in [5.74, 6) is 0.775. The van der Waals surface area contributed by atoms with E-state index in [0.717, 1.165) is 29.8 Å². The quantitative estimate of drug-likeness (QED) is 0.740. The molecule has 164 valence electrons. The summed E-state index contributed by atoms with van der Waals surface area (Å²) in [5.41, 5.74) is 6.81. The zero-order valence-electron chi connectivity index (χ0n) is 18.2. The lowest BCUT2D eigenvalue weighted by molar-refractivity contribution is -0.247. The molecule has 8 nitrogen and oxygen atoms in total. The Morgan fingerprint density at radius 1 is 1.26 bits per heavy atom. The van der Waals surface area contributed by atoms with E-state index in [2.05, 4.69) is 25.9 Å². The molecule has 1 saturated heterocycles. The highest BCUT2D eigenvalue weighted by Crippen LogP contribution is 2.62. The fourth-order valence-electron chi connectivity index (χ4n) is 5.08. The van der Waals surface area contributed by atoms with Crippen LogP contribution in [0.1, 0.15) is 48.7 Å². The number of nitrogens with two attached hydrogens (primary N) is 1. The predicted molar refractivity (Wildman–Crippen MR) is 114 cm³/mol. The molecule has 1 aromatic heterocycles. The minimum Gasteiger partial charge on any atom is -0.487 e. The third-order valence-electron chi connectivity index (χ3n) is 7.00. The van der Waals surface area contributed by atoms with Gasteiger partial charge in [-0.3, -0.25) is 9.48 Å². The number of fused-ring (bicyclic) bond motifs is 3. The molecular weight excluding hydrogens is 396 g/mol. The molecule has 4 heterocycles. The number of nitrogens with zero attached hydrogens (tertiary/aromatic N) is 3. The van der Waals surface area contributed by atoms with Crippen LogP contribution in [0.2, 0.25) is 0 Å². The maximum atomic E-state index is 12.9. The van der Waals surface area contributed by atoms with Crippen molar-refractivity contribution in [1.29, 1.82) is 0 Å². The van der Waals surface area contributed by atoms with Crippen LogP contribution in [-0.4, -0.2) is 47.0 Å². The molecule has 1 unspecified atom stereocenters. The van der Waals surface area contributed by atoms with Crippen LogP contribution in [0.15, 0.2) is 35.6 Å². The summed E-state index contributed by atoms with van der Waals surface area (Å²) in [6.07, 6.45) is 4.69. The van der Waals surface area contributed by atoms with Crippen molar-refractivity contribution in [3.8, 4) is 5.75 Å². The van der Waals surface area contributed by atoms with Gasteiger partial charge < -0.3 is 19.9 Å². The summed E-state index contributed by atoms with van der Waals surface area (Å²) >= 11 is 0. The molecule has 0 saturated carbocycles. The predicted octanol–water partition coefficient (Wildman–Crippen LogP) is 2.45. The van der Waals surface area contributed by atoms with Crippen LogP contribution in [0.5, 0.6) is 5.75 Å². The molecule has 2 N–H and O–H groups in total. The van der Waals surface area contributed by atoms with E-state index in [1.807, 2.05) is 24.4 Å². The first-order valence-corrected chi connectivity index (χ1v) is 10.7. The lowest BCUT2D eigenvalue weighted by atomic mass is 9.55. The fourth-order valence-corrected chi connectivity index (χ4v) is 5.08. The Hall–Kier alpha value is -2.87. The average Bonchev–Trinajstić information content (AvgIpc) is 3.29. The highest BCUT2D eigenvalue weighted by molar-refractivity contribution is 5.97. The second-order valence-corrected chi connectivity index (χ2v) is 9.21. The first-order chi connectivity index (χ1) is 14.8. The molecule has 1 atom stereocenters. The summed E-state index contributed by atoms with van der Waals surface area (Å²) < 4.78 is 19.6. The highest BCUT2D eigenvalue weighted by atomic mass is 16.5. The van der Waals surface area contributed by atoms with Gasteiger partial charge in [-0.2, -0.15) is 5.10 Å². The van der Waals surface area contributed by atoms with Crippen LogP contribution in [-0.2, 0) is 28.0 Å². The van der Waals surface area contributed by atoms with Crippen molar-refractivity contribution in [2.45, 2.75) is 51.3 Å². The number of ether oxygens (including phenoxy) is 3. The molecule has 0 aliphatic carbocycles. The van der Waals surface area contributed by atoms with Crippen molar-refractivity contribution in [3.05, 3.63) is 47.3 Å². The Morgan fingerprint density at radius 2 is 2.06 bits per heavy atom. The minimum atomic E-state index is -0.697. The number of benzene rings is 1. The first-order valence-electron chi connectivity index (χ1n) is 10.7. The third kappa shape index (κ3) is 2.81. The van der Waals surface area contributed by atoms with Crippen LogP contribution in [0, 0.1) is 5.41 Å². The molecule has 1 aromatic carbocycles. The van der Waals surface area contributed by atoms with Gasteiger partial charge in [0.15, 0.2) is 5.78 Å². The topological polar surface area (TPSA) is 101 Å². The zero-order chi connectivity index (χ0) is 21.9. The Bertz CT molecular complexity index is 1070. The number of carbonyl (C=O) groups excluding carboxylic acids is 1. The van der Waals surface area contributed by atoms with Crippen molar-refractivity contribution in [2.75, 3.05) is 19.8 Å². The molecule has 5 rings (SSSR count). The number of aromatic nitrogens is 2. The van der Waals surface area contributed by atoms with Gasteiger partial charge in [-0.25, -0.2) is 4.99 Å². The van der Waals surface area contributed by atoms with Crippen LogP contribution in [0.4, 0.5) is 0 Å². The normalized spacial score (nSPS) is 24.8. The van der Waals surface area contributed by atoms with Crippen molar-refractivity contribution in [3.63, 3.8) is 0 Å². The molecule has 2 spiro atoms. The number of rotatable bonds is 5. The van der Waals surface area contributed by atoms with E-state index < -0.39 is 16.6 Å². The van der Waals surface area contributed by atoms with Crippen LogP contribution in [0.3, 0.4) is 0 Å². The molecule has 0 amide bonds. The lowest BCUT2D eigenvalue weighted by Crippen LogP contribution is -2.71. The number of aliphatic imine (C=N–C) groups is 1. The van der Waals surface area contributed by atoms with Crippen molar-refractivity contribution < 1.29 is 19.0 Å². The number of amidine groups is 1. The van der Waals surface area contributed by atoms with E-state index in [1.54, 1.807) is 10.9 Å². The maximum absolute atomic E-state index is 12.9. The van der Waals surface area contributed by atoms with Gasteiger partial charge in [0.2, 0.25) is 0 Å². The van der Waals surface area contributed by atoms with E-state index >= 15 is 0 Å². The van der Waals surface area contributed by atoms with E-state index in [-0.39, 0.29) is 18.2 Å². The molecule has 2 aromatic rings. The number of ketones is 1. The summed E-state index contributed by atoms with van der Waals surface area (Å²) in [5, 5.41) is 4.27. The molecular formula is C23H28N4O4. The zero-order valence-corrected chi connectivity index (χ0v) is 18.2. The number of hydrogen-bond acceptors (Lipinski definition) is 7. The number of hydrogen-bond donors (Lipinski definition) is 1. The first kappa shape index (κ1) is 20.1. The van der Waals surface area contributed by atoms with Gasteiger partial charge in [0.05, 0.1) is 30.4 Å². The number of aryl methyl sites for hydroxylation is 1. The van der Waals surface area contributed by atoms with E-state index in [4.69, 9.17) is 24.9 Å². The molecule has 8 heteroatoms. The summed E-state index contributed by atoms with van der Waals surface area (Å²) in [4.78, 5) is 17.7. The SMILES string of the molecule is CCCn1cc(C(=O)Cc2ccc3c(c2)C2(COC(N)=N2)C2(COC2)C(C)(C)O3)cn1. The smallest absolute Gasteiger partial charge is 0.283 e. The monoisotopic (exact) mass is 424 g/mol. The second-order valence-electron chi connectivity index (χ2n) is 9.21. The second kappa shape index (κ2) is 6.82. The summed E-state index contributed by atoms with van der Waals surface area (Å²) in [6, 6.07) is 6.07. The van der Waals surface area contributed by atoms with Gasteiger partial charge in [0.1, 0.15) is 23.5 Å². The van der Waals surface area contributed by atoms with E-state index in [0.29, 0.717) is 25.4 Å². The van der Waals surface area contributed by atoms with Crippen molar-refractivity contribution >= 4 is 11.8 Å².